The Morgan fingerprint density at radius 3 is 2.28 bits per heavy atom. The van der Waals surface area contributed by atoms with Crippen LogP contribution < -0.4 is 0 Å². The first-order chi connectivity index (χ1) is 8.41. The van der Waals surface area contributed by atoms with Crippen molar-refractivity contribution in [2.75, 3.05) is 33.9 Å². The molecule has 0 heterocycles. The van der Waals surface area contributed by atoms with Crippen molar-refractivity contribution < 1.29 is 9.84 Å². The van der Waals surface area contributed by atoms with Crippen molar-refractivity contribution in [3.05, 3.63) is 0 Å². The lowest BCUT2D eigenvalue weighted by molar-refractivity contribution is 0.0199. The van der Waals surface area contributed by atoms with Gasteiger partial charge in [-0.3, -0.25) is 0 Å². The Hall–Kier alpha value is -0.120. The minimum absolute atomic E-state index is 0.365. The molecule has 0 saturated carbocycles. The van der Waals surface area contributed by atoms with Gasteiger partial charge in [0.15, 0.2) is 0 Å². The summed E-state index contributed by atoms with van der Waals surface area (Å²) in [4.78, 5) is 1.97. The van der Waals surface area contributed by atoms with Crippen LogP contribution in [0, 0.1) is 11.8 Å². The fourth-order valence-corrected chi connectivity index (χ4v) is 2.00. The van der Waals surface area contributed by atoms with Crippen LogP contribution in [-0.2, 0) is 4.74 Å². The van der Waals surface area contributed by atoms with Crippen LogP contribution >= 0.6 is 0 Å². The molecule has 2 unspecified atom stereocenters. The molecule has 0 aliphatic rings. The lowest BCUT2D eigenvalue weighted by Gasteiger charge is -2.17. The molecule has 0 spiro atoms. The average molecular weight is 259 g/mol. The van der Waals surface area contributed by atoms with Crippen LogP contribution in [0.2, 0.25) is 0 Å². The molecular formula is C15H33NO2. The quantitative estimate of drug-likeness (QED) is 0.579. The van der Waals surface area contributed by atoms with E-state index >= 15 is 0 Å². The van der Waals surface area contributed by atoms with Gasteiger partial charge in [-0.15, -0.1) is 0 Å². The first-order valence-corrected chi connectivity index (χ1v) is 7.32. The highest BCUT2D eigenvalue weighted by atomic mass is 16.5. The molecule has 0 aromatic carbocycles. The summed E-state index contributed by atoms with van der Waals surface area (Å²) in [7, 11) is 3.92. The molecule has 0 aromatic rings. The Morgan fingerprint density at radius 2 is 1.72 bits per heavy atom. The number of hydrogen-bond donors (Lipinski definition) is 1. The summed E-state index contributed by atoms with van der Waals surface area (Å²) >= 11 is 0. The number of aliphatic hydroxyl groups excluding tert-OH is 1. The van der Waals surface area contributed by atoms with Crippen molar-refractivity contribution in [2.24, 2.45) is 11.8 Å². The molecule has 0 rings (SSSR count). The van der Waals surface area contributed by atoms with Crippen LogP contribution in [0.1, 0.15) is 46.5 Å². The molecule has 0 saturated heterocycles. The van der Waals surface area contributed by atoms with Gasteiger partial charge in [-0.05, 0) is 32.4 Å². The van der Waals surface area contributed by atoms with Crippen LogP contribution in [0.4, 0.5) is 0 Å². The molecular weight excluding hydrogens is 226 g/mol. The van der Waals surface area contributed by atoms with Gasteiger partial charge in [-0.1, -0.05) is 40.0 Å². The van der Waals surface area contributed by atoms with E-state index in [1.165, 1.54) is 19.3 Å². The van der Waals surface area contributed by atoms with E-state index in [-0.39, 0.29) is 6.10 Å². The predicted molar refractivity (Wildman–Crippen MR) is 77.8 cm³/mol. The van der Waals surface area contributed by atoms with Crippen molar-refractivity contribution >= 4 is 0 Å². The van der Waals surface area contributed by atoms with Gasteiger partial charge in [0.25, 0.3) is 0 Å². The van der Waals surface area contributed by atoms with Gasteiger partial charge < -0.3 is 14.7 Å². The van der Waals surface area contributed by atoms with Crippen LogP contribution in [0.25, 0.3) is 0 Å². The summed E-state index contributed by atoms with van der Waals surface area (Å²) < 4.78 is 5.52. The number of nitrogens with zero attached hydrogens (tertiary/aromatic N) is 1. The Morgan fingerprint density at radius 1 is 1.06 bits per heavy atom. The molecule has 3 nitrogen and oxygen atoms in total. The van der Waals surface area contributed by atoms with Crippen molar-refractivity contribution in [2.45, 2.75) is 52.6 Å². The predicted octanol–water partition coefficient (Wildman–Crippen LogP) is 2.78. The topological polar surface area (TPSA) is 32.7 Å². The molecule has 0 aliphatic carbocycles. The van der Waals surface area contributed by atoms with Crippen molar-refractivity contribution in [1.29, 1.82) is 0 Å². The maximum absolute atomic E-state index is 9.62. The Balaban J connectivity index is 3.37. The van der Waals surface area contributed by atoms with E-state index in [2.05, 4.69) is 20.8 Å². The minimum atomic E-state index is -0.365. The summed E-state index contributed by atoms with van der Waals surface area (Å²) in [5.74, 6) is 1.55. The van der Waals surface area contributed by atoms with E-state index < -0.39 is 0 Å². The van der Waals surface area contributed by atoms with E-state index in [1.54, 1.807) is 0 Å². The molecule has 110 valence electrons. The van der Waals surface area contributed by atoms with E-state index in [0.717, 1.165) is 24.9 Å². The molecule has 0 amide bonds. The first kappa shape index (κ1) is 17.9. The molecule has 0 radical (unpaired) electrons. The van der Waals surface area contributed by atoms with E-state index in [4.69, 9.17) is 4.74 Å². The lowest BCUT2D eigenvalue weighted by Crippen LogP contribution is -2.29. The molecule has 0 bridgehead atoms. The van der Waals surface area contributed by atoms with Crippen LogP contribution in [0.15, 0.2) is 0 Å². The highest BCUT2D eigenvalue weighted by Gasteiger charge is 2.07. The molecule has 0 fully saturated rings. The third-order valence-corrected chi connectivity index (χ3v) is 3.12. The number of likely N-dealkylation sites (N-methyl/N-ethyl adjacent to an activating group) is 1. The van der Waals surface area contributed by atoms with Crippen LogP contribution in [0.5, 0.6) is 0 Å². The number of aliphatic hydroxyl groups is 1. The molecule has 18 heavy (non-hydrogen) atoms. The zero-order chi connectivity index (χ0) is 14.0. The lowest BCUT2D eigenvalue weighted by atomic mass is 9.98. The van der Waals surface area contributed by atoms with Gasteiger partial charge >= 0.3 is 0 Å². The number of ether oxygens (including phenoxy) is 1. The van der Waals surface area contributed by atoms with Crippen molar-refractivity contribution in [3.63, 3.8) is 0 Å². The Kier molecular flexibility index (Phi) is 10.7. The monoisotopic (exact) mass is 259 g/mol. The molecule has 0 aromatic heterocycles. The summed E-state index contributed by atoms with van der Waals surface area (Å²) in [5.41, 5.74) is 0. The standard InChI is InChI=1S/C15H33NO2/c1-13(2)7-6-8-14(3)9-10-18-12-15(17)11-16(4)5/h13-15,17H,6-12H2,1-5H3. The van der Waals surface area contributed by atoms with E-state index in [9.17, 15) is 5.11 Å². The van der Waals surface area contributed by atoms with Gasteiger partial charge in [0.1, 0.15) is 0 Å². The Bertz CT molecular complexity index is 183. The molecule has 0 aliphatic heterocycles. The Labute approximate surface area is 114 Å². The maximum Gasteiger partial charge on any atom is 0.0899 e. The highest BCUT2D eigenvalue weighted by Crippen LogP contribution is 2.15. The zero-order valence-electron chi connectivity index (χ0n) is 13.0. The normalized spacial score (nSPS) is 15.3. The largest absolute Gasteiger partial charge is 0.389 e. The fraction of sp³-hybridized carbons (Fsp3) is 1.00. The van der Waals surface area contributed by atoms with Crippen LogP contribution in [-0.4, -0.2) is 50.0 Å². The molecule has 3 heteroatoms. The van der Waals surface area contributed by atoms with Gasteiger partial charge in [-0.2, -0.15) is 0 Å². The van der Waals surface area contributed by atoms with Gasteiger partial charge in [0.05, 0.1) is 12.7 Å². The summed E-state index contributed by atoms with van der Waals surface area (Å²) in [5, 5.41) is 9.62. The van der Waals surface area contributed by atoms with Crippen LogP contribution in [0.3, 0.4) is 0 Å². The fourth-order valence-electron chi connectivity index (χ4n) is 2.00. The van der Waals surface area contributed by atoms with Gasteiger partial charge in [0.2, 0.25) is 0 Å². The average Bonchev–Trinajstić information content (AvgIpc) is 2.23. The molecule has 2 atom stereocenters. The summed E-state index contributed by atoms with van der Waals surface area (Å²) in [6.07, 6.45) is 4.68. The second kappa shape index (κ2) is 10.8. The maximum atomic E-state index is 9.62. The van der Waals surface area contributed by atoms with Crippen molar-refractivity contribution in [1.82, 2.24) is 4.90 Å². The number of hydrogen-bond acceptors (Lipinski definition) is 3. The number of rotatable bonds is 11. The SMILES string of the molecule is CC(C)CCCC(C)CCOCC(O)CN(C)C. The van der Waals surface area contributed by atoms with E-state index in [1.807, 2.05) is 19.0 Å². The summed E-state index contributed by atoms with van der Waals surface area (Å²) in [6.45, 7) is 8.74. The second-order valence-corrected chi connectivity index (χ2v) is 6.21. The van der Waals surface area contributed by atoms with E-state index in [0.29, 0.717) is 13.2 Å². The smallest absolute Gasteiger partial charge is 0.0899 e. The van der Waals surface area contributed by atoms with Crippen molar-refractivity contribution in [3.8, 4) is 0 Å². The first-order valence-electron chi connectivity index (χ1n) is 7.32. The summed E-state index contributed by atoms with van der Waals surface area (Å²) in [6, 6.07) is 0. The highest BCUT2D eigenvalue weighted by molar-refractivity contribution is 4.58. The zero-order valence-corrected chi connectivity index (χ0v) is 13.0. The molecule has 1 N–H and O–H groups in total. The second-order valence-electron chi connectivity index (χ2n) is 6.21. The van der Waals surface area contributed by atoms with Gasteiger partial charge in [0, 0.05) is 13.2 Å². The third-order valence-electron chi connectivity index (χ3n) is 3.12. The van der Waals surface area contributed by atoms with Gasteiger partial charge in [-0.25, -0.2) is 0 Å². The third kappa shape index (κ3) is 12.3. The minimum Gasteiger partial charge on any atom is -0.389 e.